The molecule has 2 bridgehead atoms. The van der Waals surface area contributed by atoms with Gasteiger partial charge in [-0.2, -0.15) is 5.26 Å². The third-order valence-electron chi connectivity index (χ3n) is 4.06. The lowest BCUT2D eigenvalue weighted by atomic mass is 9.57. The molecule has 1 N–H and O–H groups in total. The van der Waals surface area contributed by atoms with Crippen LogP contribution in [0.1, 0.15) is 46.5 Å². The van der Waals surface area contributed by atoms with E-state index in [1.807, 2.05) is 20.8 Å². The van der Waals surface area contributed by atoms with E-state index in [4.69, 9.17) is 10.00 Å². The fraction of sp³-hybridized carbons (Fsp3) is 0.857. The maximum absolute atomic E-state index is 11.8. The number of nitrogens with zero attached hydrogens (tertiary/aromatic N) is 1. The topological polar surface area (TPSA) is 62.1 Å². The summed E-state index contributed by atoms with van der Waals surface area (Å²) in [5.41, 5.74) is -0.451. The minimum Gasteiger partial charge on any atom is -0.444 e. The second kappa shape index (κ2) is 4.79. The summed E-state index contributed by atoms with van der Waals surface area (Å²) in [6, 6.07) is 2.46. The SMILES string of the molecule is CC(C)(C)OC(=O)N[C@@H]1C[C@H](CC#N)C2CC1C2. The Hall–Kier alpha value is -1.24. The lowest BCUT2D eigenvalue weighted by Crippen LogP contribution is -2.53. The predicted octanol–water partition coefficient (Wildman–Crippen LogP) is 2.84. The predicted molar refractivity (Wildman–Crippen MR) is 67.7 cm³/mol. The van der Waals surface area contributed by atoms with Crippen LogP contribution < -0.4 is 5.32 Å². The highest BCUT2D eigenvalue weighted by atomic mass is 16.6. The standard InChI is InChI=1S/C14H22N2O2/c1-14(2,3)18-13(17)16-12-8-9(4-5-15)10-6-11(12)7-10/h9-12H,4,6-8H2,1-3H3,(H,16,17)/t9-,10?,11?,12+/m0/s1. The summed E-state index contributed by atoms with van der Waals surface area (Å²) < 4.78 is 5.29. The molecule has 4 heteroatoms. The van der Waals surface area contributed by atoms with E-state index in [0.717, 1.165) is 19.3 Å². The van der Waals surface area contributed by atoms with Gasteiger partial charge in [-0.15, -0.1) is 0 Å². The molecule has 0 aromatic rings. The van der Waals surface area contributed by atoms with E-state index in [2.05, 4.69) is 11.4 Å². The van der Waals surface area contributed by atoms with Gasteiger partial charge in [-0.05, 0) is 57.8 Å². The number of carbonyl (C=O) groups is 1. The van der Waals surface area contributed by atoms with Gasteiger partial charge in [0.2, 0.25) is 0 Å². The number of hydrogen-bond donors (Lipinski definition) is 1. The van der Waals surface area contributed by atoms with Crippen LogP contribution in [0.2, 0.25) is 0 Å². The highest BCUT2D eigenvalue weighted by Crippen LogP contribution is 2.50. The zero-order chi connectivity index (χ0) is 13.3. The van der Waals surface area contributed by atoms with E-state index in [1.165, 1.54) is 0 Å². The van der Waals surface area contributed by atoms with Crippen LogP contribution in [-0.2, 0) is 4.74 Å². The van der Waals surface area contributed by atoms with Gasteiger partial charge in [0.1, 0.15) is 5.60 Å². The van der Waals surface area contributed by atoms with Gasteiger partial charge in [-0.25, -0.2) is 4.79 Å². The molecule has 4 nitrogen and oxygen atoms in total. The molecular weight excluding hydrogens is 228 g/mol. The minimum atomic E-state index is -0.451. The lowest BCUT2D eigenvalue weighted by Gasteiger charge is -2.51. The maximum atomic E-state index is 11.8. The monoisotopic (exact) mass is 250 g/mol. The number of nitriles is 1. The molecule has 0 aliphatic heterocycles. The molecule has 1 amide bonds. The van der Waals surface area contributed by atoms with Crippen molar-refractivity contribution >= 4 is 6.09 Å². The van der Waals surface area contributed by atoms with E-state index in [1.54, 1.807) is 0 Å². The molecule has 100 valence electrons. The molecular formula is C14H22N2O2. The molecule has 3 fully saturated rings. The molecule has 0 aromatic heterocycles. The third-order valence-corrected chi connectivity index (χ3v) is 4.06. The first-order chi connectivity index (χ1) is 8.39. The van der Waals surface area contributed by atoms with Crippen LogP contribution in [0.5, 0.6) is 0 Å². The molecule has 3 rings (SSSR count). The lowest BCUT2D eigenvalue weighted by molar-refractivity contribution is 0.00501. The molecule has 18 heavy (non-hydrogen) atoms. The summed E-state index contributed by atoms with van der Waals surface area (Å²) in [7, 11) is 0. The van der Waals surface area contributed by atoms with Crippen LogP contribution in [0.15, 0.2) is 0 Å². The number of nitrogens with one attached hydrogen (secondary N) is 1. The van der Waals surface area contributed by atoms with Gasteiger partial charge >= 0.3 is 6.09 Å². The molecule has 0 saturated heterocycles. The van der Waals surface area contributed by atoms with Gasteiger partial charge in [-0.3, -0.25) is 0 Å². The van der Waals surface area contributed by atoms with Crippen molar-refractivity contribution in [2.24, 2.45) is 17.8 Å². The quantitative estimate of drug-likeness (QED) is 0.819. The summed E-state index contributed by atoms with van der Waals surface area (Å²) >= 11 is 0. The van der Waals surface area contributed by atoms with Crippen molar-refractivity contribution in [1.82, 2.24) is 5.32 Å². The number of carbonyl (C=O) groups excluding carboxylic acids is 1. The van der Waals surface area contributed by atoms with E-state index in [0.29, 0.717) is 24.2 Å². The summed E-state index contributed by atoms with van der Waals surface area (Å²) in [4.78, 5) is 11.8. The van der Waals surface area contributed by atoms with E-state index < -0.39 is 5.60 Å². The van der Waals surface area contributed by atoms with Gasteiger partial charge in [0.15, 0.2) is 0 Å². The number of fused-ring (bicyclic) bond motifs is 2. The number of hydrogen-bond acceptors (Lipinski definition) is 3. The van der Waals surface area contributed by atoms with Crippen LogP contribution >= 0.6 is 0 Å². The zero-order valence-electron chi connectivity index (χ0n) is 11.4. The van der Waals surface area contributed by atoms with Crippen molar-refractivity contribution in [2.75, 3.05) is 0 Å². The van der Waals surface area contributed by atoms with Gasteiger partial charge in [0.25, 0.3) is 0 Å². The second-order valence-electron chi connectivity index (χ2n) is 6.60. The van der Waals surface area contributed by atoms with E-state index in [-0.39, 0.29) is 12.1 Å². The van der Waals surface area contributed by atoms with Crippen molar-refractivity contribution in [3.8, 4) is 6.07 Å². The van der Waals surface area contributed by atoms with Crippen LogP contribution in [0.25, 0.3) is 0 Å². The molecule has 0 heterocycles. The maximum Gasteiger partial charge on any atom is 0.407 e. The average Bonchev–Trinajstić information content (AvgIpc) is 2.11. The van der Waals surface area contributed by atoms with Crippen molar-refractivity contribution in [3.05, 3.63) is 0 Å². The summed E-state index contributed by atoms with van der Waals surface area (Å²) in [6.45, 7) is 5.60. The number of amides is 1. The first kappa shape index (κ1) is 13.2. The molecule has 3 aliphatic rings. The Morgan fingerprint density at radius 2 is 2.00 bits per heavy atom. The molecule has 0 radical (unpaired) electrons. The summed E-state index contributed by atoms with van der Waals surface area (Å²) in [5, 5.41) is 11.8. The third kappa shape index (κ3) is 2.95. The number of ether oxygens (including phenoxy) is 1. The Bertz CT molecular complexity index is 361. The fourth-order valence-corrected chi connectivity index (χ4v) is 3.14. The zero-order valence-corrected chi connectivity index (χ0v) is 11.4. The molecule has 3 aliphatic carbocycles. The van der Waals surface area contributed by atoms with E-state index in [9.17, 15) is 4.79 Å². The first-order valence-corrected chi connectivity index (χ1v) is 6.75. The van der Waals surface area contributed by atoms with Crippen molar-refractivity contribution in [3.63, 3.8) is 0 Å². The van der Waals surface area contributed by atoms with Gasteiger partial charge in [0.05, 0.1) is 6.07 Å². The molecule has 0 spiro atoms. The Labute approximate surface area is 109 Å². The molecule has 3 saturated carbocycles. The van der Waals surface area contributed by atoms with Crippen LogP contribution in [0, 0.1) is 29.1 Å². The van der Waals surface area contributed by atoms with E-state index >= 15 is 0 Å². The molecule has 2 atom stereocenters. The van der Waals surface area contributed by atoms with Crippen molar-refractivity contribution < 1.29 is 9.53 Å². The highest BCUT2D eigenvalue weighted by Gasteiger charge is 2.46. The van der Waals surface area contributed by atoms with Crippen LogP contribution in [-0.4, -0.2) is 17.7 Å². The van der Waals surface area contributed by atoms with Gasteiger partial charge < -0.3 is 10.1 Å². The van der Waals surface area contributed by atoms with Gasteiger partial charge in [0, 0.05) is 12.5 Å². The second-order valence-corrected chi connectivity index (χ2v) is 6.60. The Kier molecular flexibility index (Phi) is 3.52. The highest BCUT2D eigenvalue weighted by molar-refractivity contribution is 5.68. The van der Waals surface area contributed by atoms with Gasteiger partial charge in [-0.1, -0.05) is 0 Å². The molecule has 0 unspecified atom stereocenters. The minimum absolute atomic E-state index is 0.197. The smallest absolute Gasteiger partial charge is 0.407 e. The fourth-order valence-electron chi connectivity index (χ4n) is 3.14. The first-order valence-electron chi connectivity index (χ1n) is 6.75. The summed E-state index contributed by atoms with van der Waals surface area (Å²) in [6.07, 6.45) is 3.54. The largest absolute Gasteiger partial charge is 0.444 e. The number of rotatable bonds is 2. The van der Waals surface area contributed by atoms with Crippen molar-refractivity contribution in [1.29, 1.82) is 5.26 Å². The van der Waals surface area contributed by atoms with Crippen LogP contribution in [0.3, 0.4) is 0 Å². The Morgan fingerprint density at radius 1 is 1.33 bits per heavy atom. The molecule has 0 aromatic carbocycles. The summed E-state index contributed by atoms with van der Waals surface area (Å²) in [5.74, 6) is 1.77. The van der Waals surface area contributed by atoms with Crippen LogP contribution in [0.4, 0.5) is 4.79 Å². The normalized spacial score (nSPS) is 34.1. The Morgan fingerprint density at radius 3 is 2.56 bits per heavy atom. The Balaban J connectivity index is 1.86. The average molecular weight is 250 g/mol. The number of alkyl carbamates (subject to hydrolysis) is 1. The van der Waals surface area contributed by atoms with Crippen molar-refractivity contribution in [2.45, 2.75) is 58.1 Å².